The molecule has 2 aromatic carbocycles. The molecular weight excluding hydrogens is 299 g/mol. The molecule has 0 atom stereocenters. The van der Waals surface area contributed by atoms with Crippen molar-refractivity contribution < 1.29 is 17.4 Å². The van der Waals surface area contributed by atoms with E-state index in [9.17, 15) is 12.8 Å². The Bertz CT molecular complexity index is 667. The Balaban J connectivity index is 3.03. The smallest absolute Gasteiger partial charge is 0.282 e. The van der Waals surface area contributed by atoms with E-state index in [4.69, 9.17) is 4.55 Å². The molecule has 16 heavy (non-hydrogen) atoms. The molecule has 3 nitrogen and oxygen atoms in total. The van der Waals surface area contributed by atoms with Gasteiger partial charge in [-0.25, -0.2) is 4.39 Å². The van der Waals surface area contributed by atoms with Gasteiger partial charge >= 0.3 is 0 Å². The number of rotatable bonds is 1. The van der Waals surface area contributed by atoms with Crippen LogP contribution in [-0.2, 0) is 10.1 Å². The van der Waals surface area contributed by atoms with Gasteiger partial charge in [-0.05, 0) is 28.1 Å². The van der Waals surface area contributed by atoms with E-state index in [1.165, 1.54) is 30.3 Å². The maximum Gasteiger partial charge on any atom is 0.296 e. The van der Waals surface area contributed by atoms with Gasteiger partial charge in [0.2, 0.25) is 0 Å². The maximum atomic E-state index is 13.4. The summed E-state index contributed by atoms with van der Waals surface area (Å²) in [5.41, 5.74) is 0. The van der Waals surface area contributed by atoms with E-state index in [-0.39, 0.29) is 20.1 Å². The van der Waals surface area contributed by atoms with Crippen molar-refractivity contribution >= 4 is 36.8 Å². The zero-order chi connectivity index (χ0) is 11.9. The van der Waals surface area contributed by atoms with Crippen LogP contribution in [0.4, 0.5) is 4.39 Å². The number of halogens is 2. The zero-order valence-electron chi connectivity index (χ0n) is 7.81. The zero-order valence-corrected chi connectivity index (χ0v) is 10.2. The minimum atomic E-state index is -4.39. The molecule has 0 radical (unpaired) electrons. The van der Waals surface area contributed by atoms with Crippen LogP contribution in [0.1, 0.15) is 0 Å². The second kappa shape index (κ2) is 3.80. The summed E-state index contributed by atoms with van der Waals surface area (Å²) >= 11 is 3.02. The van der Waals surface area contributed by atoms with E-state index in [0.29, 0.717) is 0 Å². The van der Waals surface area contributed by atoms with Crippen molar-refractivity contribution in [1.29, 1.82) is 0 Å². The van der Waals surface area contributed by atoms with E-state index in [1.807, 2.05) is 0 Å². The first-order valence-electron chi connectivity index (χ1n) is 4.25. The minimum Gasteiger partial charge on any atom is -0.282 e. The van der Waals surface area contributed by atoms with Gasteiger partial charge in [-0.1, -0.05) is 18.2 Å². The van der Waals surface area contributed by atoms with Gasteiger partial charge in [0.25, 0.3) is 10.1 Å². The van der Waals surface area contributed by atoms with Gasteiger partial charge in [0.15, 0.2) is 0 Å². The summed E-state index contributed by atoms with van der Waals surface area (Å²) in [6.07, 6.45) is 0. The predicted molar refractivity (Wildman–Crippen MR) is 61.4 cm³/mol. The van der Waals surface area contributed by atoms with Crippen LogP contribution >= 0.6 is 15.9 Å². The summed E-state index contributed by atoms with van der Waals surface area (Å²) in [7, 11) is -4.39. The van der Waals surface area contributed by atoms with Crippen molar-refractivity contribution in [1.82, 2.24) is 0 Å². The summed E-state index contributed by atoms with van der Waals surface area (Å²) in [6, 6.07) is 6.88. The third-order valence-electron chi connectivity index (χ3n) is 2.17. The van der Waals surface area contributed by atoms with E-state index >= 15 is 0 Å². The van der Waals surface area contributed by atoms with Crippen LogP contribution in [0.2, 0.25) is 0 Å². The van der Waals surface area contributed by atoms with E-state index in [2.05, 4.69) is 15.9 Å². The van der Waals surface area contributed by atoms with Crippen LogP contribution in [0.3, 0.4) is 0 Å². The third kappa shape index (κ3) is 1.83. The molecule has 0 aliphatic heterocycles. The average Bonchev–Trinajstić information content (AvgIpc) is 2.15. The fraction of sp³-hybridized carbons (Fsp3) is 0. The Kier molecular flexibility index (Phi) is 2.73. The lowest BCUT2D eigenvalue weighted by Gasteiger charge is -2.06. The molecule has 2 rings (SSSR count). The van der Waals surface area contributed by atoms with E-state index in [1.54, 1.807) is 0 Å². The molecule has 0 aliphatic rings. The Morgan fingerprint density at radius 1 is 1.12 bits per heavy atom. The SMILES string of the molecule is O=S(=O)(O)c1c(Br)ccc2c(F)cccc12. The first-order chi connectivity index (χ1) is 7.41. The monoisotopic (exact) mass is 304 g/mol. The quantitative estimate of drug-likeness (QED) is 0.824. The Hall–Kier alpha value is -0.980. The molecule has 84 valence electrons. The second-order valence-electron chi connectivity index (χ2n) is 3.19. The fourth-order valence-electron chi connectivity index (χ4n) is 1.53. The number of fused-ring (bicyclic) bond motifs is 1. The molecule has 0 fully saturated rings. The fourth-order valence-corrected chi connectivity index (χ4v) is 3.26. The average molecular weight is 305 g/mol. The van der Waals surface area contributed by atoms with Gasteiger partial charge in [-0.2, -0.15) is 8.42 Å². The van der Waals surface area contributed by atoms with Crippen LogP contribution in [0.5, 0.6) is 0 Å². The molecule has 2 aromatic rings. The Morgan fingerprint density at radius 3 is 2.44 bits per heavy atom. The molecule has 0 spiro atoms. The van der Waals surface area contributed by atoms with Crippen LogP contribution in [0.25, 0.3) is 10.8 Å². The van der Waals surface area contributed by atoms with Crippen molar-refractivity contribution in [2.45, 2.75) is 4.90 Å². The van der Waals surface area contributed by atoms with Gasteiger partial charge in [0, 0.05) is 15.2 Å². The lowest BCUT2D eigenvalue weighted by Crippen LogP contribution is -2.00. The largest absolute Gasteiger partial charge is 0.296 e. The maximum absolute atomic E-state index is 13.4. The van der Waals surface area contributed by atoms with Crippen LogP contribution in [-0.4, -0.2) is 13.0 Å². The molecule has 0 saturated carbocycles. The summed E-state index contributed by atoms with van der Waals surface area (Å²) in [5.74, 6) is -0.533. The molecule has 0 heterocycles. The number of benzene rings is 2. The summed E-state index contributed by atoms with van der Waals surface area (Å²) in [5, 5.41) is 0.301. The number of hydrogen-bond acceptors (Lipinski definition) is 2. The predicted octanol–water partition coefficient (Wildman–Crippen LogP) is 2.99. The summed E-state index contributed by atoms with van der Waals surface area (Å²) in [6.45, 7) is 0. The lowest BCUT2D eigenvalue weighted by molar-refractivity contribution is 0.483. The molecule has 1 N–H and O–H groups in total. The van der Waals surface area contributed by atoms with E-state index in [0.717, 1.165) is 0 Å². The van der Waals surface area contributed by atoms with Crippen molar-refractivity contribution in [3.05, 3.63) is 40.6 Å². The molecule has 0 aliphatic carbocycles. The standard InChI is InChI=1S/C10H6BrFO3S/c11-8-5-4-6-7(2-1-3-9(6)12)10(8)16(13,14)15/h1-5H,(H,13,14,15). The van der Waals surface area contributed by atoms with Crippen LogP contribution in [0.15, 0.2) is 39.7 Å². The van der Waals surface area contributed by atoms with Gasteiger partial charge in [-0.15, -0.1) is 0 Å². The highest BCUT2D eigenvalue weighted by molar-refractivity contribution is 9.10. The number of hydrogen-bond donors (Lipinski definition) is 1. The molecule has 0 saturated heterocycles. The molecule has 0 amide bonds. The highest BCUT2D eigenvalue weighted by Gasteiger charge is 2.18. The molecule has 0 aromatic heterocycles. The highest BCUT2D eigenvalue weighted by Crippen LogP contribution is 2.31. The molecule has 6 heteroatoms. The topological polar surface area (TPSA) is 54.4 Å². The van der Waals surface area contributed by atoms with Crippen LogP contribution < -0.4 is 0 Å². The summed E-state index contributed by atoms with van der Waals surface area (Å²) < 4.78 is 45.0. The van der Waals surface area contributed by atoms with Gasteiger partial charge in [0.1, 0.15) is 10.7 Å². The van der Waals surface area contributed by atoms with Gasteiger partial charge in [-0.3, -0.25) is 4.55 Å². The summed E-state index contributed by atoms with van der Waals surface area (Å²) in [4.78, 5) is -0.315. The highest BCUT2D eigenvalue weighted by atomic mass is 79.9. The van der Waals surface area contributed by atoms with Crippen LogP contribution in [0, 0.1) is 5.82 Å². The second-order valence-corrected chi connectivity index (χ2v) is 5.40. The lowest BCUT2D eigenvalue weighted by atomic mass is 10.1. The van der Waals surface area contributed by atoms with Gasteiger partial charge < -0.3 is 0 Å². The van der Waals surface area contributed by atoms with E-state index < -0.39 is 15.9 Å². The van der Waals surface area contributed by atoms with Crippen molar-refractivity contribution in [2.24, 2.45) is 0 Å². The van der Waals surface area contributed by atoms with Crippen molar-refractivity contribution in [2.75, 3.05) is 0 Å². The minimum absolute atomic E-state index is 0.150. The third-order valence-corrected chi connectivity index (χ3v) is 4.05. The molecular formula is C10H6BrFO3S. The normalized spacial score (nSPS) is 11.9. The Morgan fingerprint density at radius 2 is 1.81 bits per heavy atom. The first kappa shape index (κ1) is 11.5. The van der Waals surface area contributed by atoms with Gasteiger partial charge in [0.05, 0.1) is 0 Å². The molecule has 0 bridgehead atoms. The molecule has 0 unspecified atom stereocenters. The van der Waals surface area contributed by atoms with Crippen molar-refractivity contribution in [3.63, 3.8) is 0 Å². The Labute approximate surface area is 99.8 Å². The first-order valence-corrected chi connectivity index (χ1v) is 6.49. The van der Waals surface area contributed by atoms with Crippen molar-refractivity contribution in [3.8, 4) is 0 Å².